The van der Waals surface area contributed by atoms with Crippen molar-refractivity contribution < 1.29 is 0 Å². The molecule has 2 aromatic heterocycles. The summed E-state index contributed by atoms with van der Waals surface area (Å²) in [6.45, 7) is 4.09. The quantitative estimate of drug-likeness (QED) is 0.734. The highest BCUT2D eigenvalue weighted by Gasteiger charge is 2.25. The summed E-state index contributed by atoms with van der Waals surface area (Å²) in [5.74, 6) is 1.99. The molecule has 1 aliphatic rings. The number of fused-ring (bicyclic) bond motifs is 1. The van der Waals surface area contributed by atoms with Gasteiger partial charge in [-0.1, -0.05) is 12.1 Å². The SMILES string of the molecule is Cc1cccc2ncnc(N3CCC(N(C)c4cccnn4)CC3)c12. The first-order valence-corrected chi connectivity index (χ1v) is 8.70. The summed E-state index contributed by atoms with van der Waals surface area (Å²) in [7, 11) is 2.11. The molecule has 6 heteroatoms. The summed E-state index contributed by atoms with van der Waals surface area (Å²) in [6.07, 6.45) is 5.53. The van der Waals surface area contributed by atoms with Crippen molar-refractivity contribution in [2.45, 2.75) is 25.8 Å². The van der Waals surface area contributed by atoms with Crippen LogP contribution in [0.25, 0.3) is 10.9 Å². The van der Waals surface area contributed by atoms with Crippen LogP contribution < -0.4 is 9.80 Å². The zero-order valence-corrected chi connectivity index (χ0v) is 14.6. The average molecular weight is 334 g/mol. The van der Waals surface area contributed by atoms with Crippen LogP contribution in [0.2, 0.25) is 0 Å². The predicted octanol–water partition coefficient (Wildman–Crippen LogP) is 2.83. The second-order valence-electron chi connectivity index (χ2n) is 6.58. The van der Waals surface area contributed by atoms with Crippen LogP contribution in [0.15, 0.2) is 42.9 Å². The number of nitrogens with zero attached hydrogens (tertiary/aromatic N) is 6. The van der Waals surface area contributed by atoms with Gasteiger partial charge in [0, 0.05) is 37.8 Å². The first-order valence-electron chi connectivity index (χ1n) is 8.70. The van der Waals surface area contributed by atoms with Gasteiger partial charge in [0.2, 0.25) is 0 Å². The van der Waals surface area contributed by atoms with Crippen LogP contribution in [0.5, 0.6) is 0 Å². The van der Waals surface area contributed by atoms with Gasteiger partial charge in [-0.2, -0.15) is 5.10 Å². The molecule has 1 aliphatic heterocycles. The van der Waals surface area contributed by atoms with Crippen molar-refractivity contribution in [2.24, 2.45) is 0 Å². The summed E-state index contributed by atoms with van der Waals surface area (Å²) in [6, 6.07) is 10.7. The second-order valence-corrected chi connectivity index (χ2v) is 6.58. The molecular formula is C19H22N6. The number of hydrogen-bond donors (Lipinski definition) is 0. The Balaban J connectivity index is 1.53. The molecule has 6 nitrogen and oxygen atoms in total. The van der Waals surface area contributed by atoms with Crippen LogP contribution in [-0.2, 0) is 0 Å². The lowest BCUT2D eigenvalue weighted by atomic mass is 10.0. The smallest absolute Gasteiger partial charge is 0.151 e. The predicted molar refractivity (Wildman–Crippen MR) is 99.9 cm³/mol. The summed E-state index contributed by atoms with van der Waals surface area (Å²) in [5.41, 5.74) is 2.25. The Labute approximate surface area is 147 Å². The fraction of sp³-hybridized carbons (Fsp3) is 0.368. The lowest BCUT2D eigenvalue weighted by molar-refractivity contribution is 0.477. The zero-order chi connectivity index (χ0) is 17.2. The third-order valence-electron chi connectivity index (χ3n) is 5.08. The number of anilines is 2. The van der Waals surface area contributed by atoms with Crippen LogP contribution >= 0.6 is 0 Å². The Hall–Kier alpha value is -2.76. The summed E-state index contributed by atoms with van der Waals surface area (Å²) >= 11 is 0. The number of aromatic nitrogens is 4. The fourth-order valence-corrected chi connectivity index (χ4v) is 3.63. The van der Waals surface area contributed by atoms with Crippen LogP contribution in [0.4, 0.5) is 11.6 Å². The highest BCUT2D eigenvalue weighted by atomic mass is 15.3. The van der Waals surface area contributed by atoms with E-state index in [0.717, 1.165) is 43.1 Å². The van der Waals surface area contributed by atoms with Gasteiger partial charge in [-0.15, -0.1) is 5.10 Å². The van der Waals surface area contributed by atoms with Gasteiger partial charge in [0.05, 0.1) is 5.52 Å². The van der Waals surface area contributed by atoms with Crippen LogP contribution in [0.3, 0.4) is 0 Å². The van der Waals surface area contributed by atoms with E-state index in [0.29, 0.717) is 6.04 Å². The Bertz CT molecular complexity index is 853. The topological polar surface area (TPSA) is 58.0 Å². The molecule has 3 heterocycles. The van der Waals surface area contributed by atoms with Crippen molar-refractivity contribution in [1.29, 1.82) is 0 Å². The van der Waals surface area contributed by atoms with Gasteiger partial charge in [-0.05, 0) is 43.5 Å². The molecule has 0 unspecified atom stereocenters. The van der Waals surface area contributed by atoms with Crippen LogP contribution in [0, 0.1) is 6.92 Å². The van der Waals surface area contributed by atoms with Crippen LogP contribution in [0.1, 0.15) is 18.4 Å². The number of benzene rings is 1. The molecule has 0 saturated carbocycles. The van der Waals surface area contributed by atoms with Gasteiger partial charge in [0.15, 0.2) is 5.82 Å². The van der Waals surface area contributed by atoms with E-state index in [1.165, 1.54) is 10.9 Å². The lowest BCUT2D eigenvalue weighted by Crippen LogP contribution is -2.44. The van der Waals surface area contributed by atoms with Crippen molar-refractivity contribution >= 4 is 22.5 Å². The van der Waals surface area contributed by atoms with Crippen molar-refractivity contribution in [2.75, 3.05) is 29.9 Å². The van der Waals surface area contributed by atoms with E-state index in [-0.39, 0.29) is 0 Å². The minimum atomic E-state index is 0.474. The Morgan fingerprint density at radius 2 is 1.92 bits per heavy atom. The number of rotatable bonds is 3. The number of hydrogen-bond acceptors (Lipinski definition) is 6. The van der Waals surface area contributed by atoms with Crippen LogP contribution in [-0.4, -0.2) is 46.3 Å². The monoisotopic (exact) mass is 334 g/mol. The first-order chi connectivity index (χ1) is 12.2. The van der Waals surface area contributed by atoms with Crippen molar-refractivity contribution in [3.8, 4) is 0 Å². The van der Waals surface area contributed by atoms with E-state index in [4.69, 9.17) is 0 Å². The third-order valence-corrected chi connectivity index (χ3v) is 5.08. The van der Waals surface area contributed by atoms with Gasteiger partial charge in [0.25, 0.3) is 0 Å². The molecule has 1 aromatic carbocycles. The Morgan fingerprint density at radius 1 is 1.08 bits per heavy atom. The highest BCUT2D eigenvalue weighted by molar-refractivity contribution is 5.92. The summed E-state index contributed by atoms with van der Waals surface area (Å²) in [5, 5.41) is 9.39. The van der Waals surface area contributed by atoms with Gasteiger partial charge in [-0.3, -0.25) is 0 Å². The molecule has 25 heavy (non-hydrogen) atoms. The highest BCUT2D eigenvalue weighted by Crippen LogP contribution is 2.29. The standard InChI is InChI=1S/C19H22N6/c1-14-5-3-6-16-18(14)19(21-13-20-16)25-11-8-15(9-12-25)24(2)17-7-4-10-22-23-17/h3-7,10,13,15H,8-9,11-12H2,1-2H3. The molecule has 0 bridgehead atoms. The summed E-state index contributed by atoms with van der Waals surface area (Å²) < 4.78 is 0. The van der Waals surface area contributed by atoms with Gasteiger partial charge in [0.1, 0.15) is 12.1 Å². The molecule has 1 saturated heterocycles. The molecule has 0 aliphatic carbocycles. The van der Waals surface area contributed by atoms with E-state index >= 15 is 0 Å². The maximum Gasteiger partial charge on any atom is 0.151 e. The maximum atomic E-state index is 4.60. The van der Waals surface area contributed by atoms with E-state index in [1.807, 2.05) is 12.1 Å². The number of aryl methyl sites for hydroxylation is 1. The van der Waals surface area contributed by atoms with E-state index in [1.54, 1.807) is 12.5 Å². The lowest BCUT2D eigenvalue weighted by Gasteiger charge is -2.38. The van der Waals surface area contributed by atoms with Crippen molar-refractivity contribution in [3.05, 3.63) is 48.4 Å². The molecule has 0 amide bonds. The molecule has 4 rings (SSSR count). The maximum absolute atomic E-state index is 4.60. The molecule has 1 fully saturated rings. The number of piperidine rings is 1. The first kappa shape index (κ1) is 15.7. The molecule has 0 N–H and O–H groups in total. The minimum absolute atomic E-state index is 0.474. The molecule has 0 radical (unpaired) electrons. The van der Waals surface area contributed by atoms with E-state index < -0.39 is 0 Å². The molecule has 3 aromatic rings. The zero-order valence-electron chi connectivity index (χ0n) is 14.6. The van der Waals surface area contributed by atoms with E-state index in [9.17, 15) is 0 Å². The molecule has 0 spiro atoms. The second kappa shape index (κ2) is 6.63. The molecular weight excluding hydrogens is 312 g/mol. The largest absolute Gasteiger partial charge is 0.356 e. The van der Waals surface area contributed by atoms with Gasteiger partial charge in [-0.25, -0.2) is 9.97 Å². The van der Waals surface area contributed by atoms with Crippen molar-refractivity contribution in [3.63, 3.8) is 0 Å². The summed E-state index contributed by atoms with van der Waals surface area (Å²) in [4.78, 5) is 13.6. The average Bonchev–Trinajstić information content (AvgIpc) is 2.68. The Morgan fingerprint density at radius 3 is 2.68 bits per heavy atom. The third kappa shape index (κ3) is 2.99. The van der Waals surface area contributed by atoms with E-state index in [2.05, 4.69) is 62.1 Å². The Kier molecular flexibility index (Phi) is 4.17. The van der Waals surface area contributed by atoms with Crippen molar-refractivity contribution in [1.82, 2.24) is 20.2 Å². The normalized spacial score (nSPS) is 15.5. The molecule has 0 atom stereocenters. The van der Waals surface area contributed by atoms with Gasteiger partial charge < -0.3 is 9.80 Å². The fourth-order valence-electron chi connectivity index (χ4n) is 3.63. The molecule has 128 valence electrons. The minimum Gasteiger partial charge on any atom is -0.356 e. The van der Waals surface area contributed by atoms with Gasteiger partial charge >= 0.3 is 0 Å².